The molecule has 1 aliphatic carbocycles. The highest BCUT2D eigenvalue weighted by Crippen LogP contribution is 2.23. The molecule has 2 rings (SSSR count). The van der Waals surface area contributed by atoms with E-state index in [1.54, 1.807) is 6.26 Å². The summed E-state index contributed by atoms with van der Waals surface area (Å²) in [6, 6.07) is 4.66. The van der Waals surface area contributed by atoms with Gasteiger partial charge in [0.15, 0.2) is 0 Å². The Kier molecular flexibility index (Phi) is 3.25. The number of furan rings is 1. The van der Waals surface area contributed by atoms with Gasteiger partial charge in [0, 0.05) is 6.04 Å². The predicted molar refractivity (Wildman–Crippen MR) is 57.0 cm³/mol. The summed E-state index contributed by atoms with van der Waals surface area (Å²) in [4.78, 5) is 0. The molecule has 1 saturated carbocycles. The standard InChI is InChI=1S/C12H19NO/c1-10-5-2-3-7-12(10)13-9-11-6-4-8-14-11/h4,6,8,10,12-13H,2-3,5,7,9H2,1H3/t10-,12+/m1/s1. The second-order valence-corrected chi connectivity index (χ2v) is 4.33. The molecule has 0 aliphatic heterocycles. The van der Waals surface area contributed by atoms with Crippen molar-refractivity contribution in [3.63, 3.8) is 0 Å². The van der Waals surface area contributed by atoms with E-state index in [4.69, 9.17) is 4.42 Å². The Bertz CT molecular complexity index is 255. The van der Waals surface area contributed by atoms with Gasteiger partial charge >= 0.3 is 0 Å². The third-order valence-electron chi connectivity index (χ3n) is 3.23. The summed E-state index contributed by atoms with van der Waals surface area (Å²) in [5, 5.41) is 3.58. The van der Waals surface area contributed by atoms with Gasteiger partial charge in [0.25, 0.3) is 0 Å². The van der Waals surface area contributed by atoms with Crippen molar-refractivity contribution in [2.24, 2.45) is 5.92 Å². The molecule has 0 amide bonds. The van der Waals surface area contributed by atoms with E-state index >= 15 is 0 Å². The molecule has 78 valence electrons. The molecule has 1 aromatic rings. The summed E-state index contributed by atoms with van der Waals surface area (Å²) in [5.74, 6) is 1.86. The van der Waals surface area contributed by atoms with Crippen LogP contribution in [0.25, 0.3) is 0 Å². The molecule has 1 fully saturated rings. The smallest absolute Gasteiger partial charge is 0.117 e. The Morgan fingerprint density at radius 3 is 3.00 bits per heavy atom. The number of rotatable bonds is 3. The van der Waals surface area contributed by atoms with Crippen LogP contribution in [0.3, 0.4) is 0 Å². The van der Waals surface area contributed by atoms with Crippen LogP contribution in [0.15, 0.2) is 22.8 Å². The maximum atomic E-state index is 5.30. The predicted octanol–water partition coefficient (Wildman–Crippen LogP) is 2.95. The molecule has 0 aromatic carbocycles. The molecule has 1 aromatic heterocycles. The molecule has 0 radical (unpaired) electrons. The van der Waals surface area contributed by atoms with Crippen LogP contribution in [-0.4, -0.2) is 6.04 Å². The maximum Gasteiger partial charge on any atom is 0.117 e. The second-order valence-electron chi connectivity index (χ2n) is 4.33. The fraction of sp³-hybridized carbons (Fsp3) is 0.667. The first-order valence-corrected chi connectivity index (χ1v) is 5.62. The summed E-state index contributed by atoms with van der Waals surface area (Å²) in [6.45, 7) is 3.22. The molecule has 2 heteroatoms. The average molecular weight is 193 g/mol. The van der Waals surface area contributed by atoms with E-state index < -0.39 is 0 Å². The molecular formula is C12H19NO. The third kappa shape index (κ3) is 2.38. The Labute approximate surface area is 85.7 Å². The van der Waals surface area contributed by atoms with Gasteiger partial charge in [0.05, 0.1) is 12.8 Å². The van der Waals surface area contributed by atoms with Gasteiger partial charge in [-0.05, 0) is 30.9 Å². The molecule has 0 spiro atoms. The van der Waals surface area contributed by atoms with Crippen molar-refractivity contribution >= 4 is 0 Å². The number of hydrogen-bond acceptors (Lipinski definition) is 2. The minimum absolute atomic E-state index is 0.689. The highest BCUT2D eigenvalue weighted by Gasteiger charge is 2.20. The van der Waals surface area contributed by atoms with Crippen LogP contribution in [0.5, 0.6) is 0 Å². The molecule has 0 saturated heterocycles. The molecular weight excluding hydrogens is 174 g/mol. The van der Waals surface area contributed by atoms with Gasteiger partial charge in [-0.15, -0.1) is 0 Å². The van der Waals surface area contributed by atoms with Gasteiger partial charge < -0.3 is 9.73 Å². The van der Waals surface area contributed by atoms with Crippen molar-refractivity contribution in [2.45, 2.75) is 45.2 Å². The van der Waals surface area contributed by atoms with Gasteiger partial charge in [-0.25, -0.2) is 0 Å². The van der Waals surface area contributed by atoms with Crippen molar-refractivity contribution < 1.29 is 4.42 Å². The molecule has 0 unspecified atom stereocenters. The van der Waals surface area contributed by atoms with E-state index in [-0.39, 0.29) is 0 Å². The molecule has 1 N–H and O–H groups in total. The van der Waals surface area contributed by atoms with Crippen LogP contribution in [0.2, 0.25) is 0 Å². The van der Waals surface area contributed by atoms with E-state index in [9.17, 15) is 0 Å². The van der Waals surface area contributed by atoms with Crippen molar-refractivity contribution in [1.29, 1.82) is 0 Å². The Hall–Kier alpha value is -0.760. The van der Waals surface area contributed by atoms with Crippen LogP contribution in [0, 0.1) is 5.92 Å². The third-order valence-corrected chi connectivity index (χ3v) is 3.23. The lowest BCUT2D eigenvalue weighted by atomic mass is 9.86. The molecule has 1 aliphatic rings. The second kappa shape index (κ2) is 4.65. The van der Waals surface area contributed by atoms with E-state index in [1.807, 2.05) is 12.1 Å². The number of nitrogens with one attached hydrogen (secondary N) is 1. The minimum Gasteiger partial charge on any atom is -0.468 e. The zero-order valence-corrected chi connectivity index (χ0v) is 8.83. The lowest BCUT2D eigenvalue weighted by Gasteiger charge is -2.29. The van der Waals surface area contributed by atoms with E-state index in [2.05, 4.69) is 12.2 Å². The van der Waals surface area contributed by atoms with Gasteiger partial charge in [-0.2, -0.15) is 0 Å². The Morgan fingerprint density at radius 2 is 2.29 bits per heavy atom. The van der Waals surface area contributed by atoms with E-state index in [1.165, 1.54) is 25.7 Å². The lowest BCUT2D eigenvalue weighted by Crippen LogP contribution is -2.36. The SMILES string of the molecule is C[C@@H]1CCCC[C@@H]1NCc1ccco1. The van der Waals surface area contributed by atoms with E-state index in [0.717, 1.165) is 18.2 Å². The fourth-order valence-electron chi connectivity index (χ4n) is 2.26. The lowest BCUT2D eigenvalue weighted by molar-refractivity contribution is 0.273. The zero-order valence-electron chi connectivity index (χ0n) is 8.83. The molecule has 0 bridgehead atoms. The molecule has 14 heavy (non-hydrogen) atoms. The van der Waals surface area contributed by atoms with Crippen molar-refractivity contribution in [1.82, 2.24) is 5.32 Å². The first-order chi connectivity index (χ1) is 6.86. The normalized spacial score (nSPS) is 27.8. The van der Waals surface area contributed by atoms with Crippen LogP contribution in [0.1, 0.15) is 38.4 Å². The first kappa shape index (κ1) is 9.78. The first-order valence-electron chi connectivity index (χ1n) is 5.62. The van der Waals surface area contributed by atoms with Gasteiger partial charge in [-0.3, -0.25) is 0 Å². The highest BCUT2D eigenvalue weighted by atomic mass is 16.3. The van der Waals surface area contributed by atoms with Crippen LogP contribution in [-0.2, 0) is 6.54 Å². The Morgan fingerprint density at radius 1 is 1.43 bits per heavy atom. The van der Waals surface area contributed by atoms with Gasteiger partial charge in [0.2, 0.25) is 0 Å². The van der Waals surface area contributed by atoms with Crippen molar-refractivity contribution in [3.05, 3.63) is 24.2 Å². The fourth-order valence-corrected chi connectivity index (χ4v) is 2.26. The Balaban J connectivity index is 1.79. The van der Waals surface area contributed by atoms with Crippen molar-refractivity contribution in [2.75, 3.05) is 0 Å². The summed E-state index contributed by atoms with van der Waals surface area (Å²) < 4.78 is 5.30. The summed E-state index contributed by atoms with van der Waals surface area (Å²) in [5.41, 5.74) is 0. The monoisotopic (exact) mass is 193 g/mol. The molecule has 1 heterocycles. The van der Waals surface area contributed by atoms with Crippen molar-refractivity contribution in [3.8, 4) is 0 Å². The molecule has 2 nitrogen and oxygen atoms in total. The van der Waals surface area contributed by atoms with Crippen LogP contribution >= 0.6 is 0 Å². The van der Waals surface area contributed by atoms with Crippen LogP contribution in [0.4, 0.5) is 0 Å². The largest absolute Gasteiger partial charge is 0.468 e. The summed E-state index contributed by atoms with van der Waals surface area (Å²) >= 11 is 0. The highest BCUT2D eigenvalue weighted by molar-refractivity contribution is 4.98. The minimum atomic E-state index is 0.689. The number of hydrogen-bond donors (Lipinski definition) is 1. The van der Waals surface area contributed by atoms with E-state index in [0.29, 0.717) is 6.04 Å². The average Bonchev–Trinajstić information content (AvgIpc) is 2.69. The van der Waals surface area contributed by atoms with Crippen LogP contribution < -0.4 is 5.32 Å². The maximum absolute atomic E-state index is 5.30. The van der Waals surface area contributed by atoms with Gasteiger partial charge in [0.1, 0.15) is 5.76 Å². The zero-order chi connectivity index (χ0) is 9.80. The van der Waals surface area contributed by atoms with Gasteiger partial charge in [-0.1, -0.05) is 19.8 Å². The molecule has 2 atom stereocenters. The topological polar surface area (TPSA) is 25.2 Å². The summed E-state index contributed by atoms with van der Waals surface area (Å²) in [6.07, 6.45) is 7.21. The quantitative estimate of drug-likeness (QED) is 0.798. The summed E-state index contributed by atoms with van der Waals surface area (Å²) in [7, 11) is 0.